The Morgan fingerprint density at radius 2 is 0.708 bits per heavy atom. The third kappa shape index (κ3) is 1.45. The first-order chi connectivity index (χ1) is 10.9. The molecule has 126 valence electrons. The second-order valence-corrected chi connectivity index (χ2v) is 5.82. The van der Waals surface area contributed by atoms with Gasteiger partial charge in [-0.05, 0) is 23.3 Å². The highest BCUT2D eigenvalue weighted by Gasteiger charge is 2.70. The summed E-state index contributed by atoms with van der Waals surface area (Å²) in [5, 5.41) is 0. The van der Waals surface area contributed by atoms with Crippen LogP contribution in [0, 0.1) is 0 Å². The zero-order valence-electron chi connectivity index (χ0n) is 11.5. The molecule has 2 aliphatic rings. The quantitative estimate of drug-likeness (QED) is 0.575. The fourth-order valence-electron chi connectivity index (χ4n) is 3.07. The van der Waals surface area contributed by atoms with Crippen LogP contribution in [0.1, 0.15) is 22.3 Å². The molecule has 0 unspecified atom stereocenters. The molecule has 2 aromatic rings. The number of hydrogen-bond acceptors (Lipinski definition) is 0. The maximum absolute atomic E-state index is 13.4. The lowest BCUT2D eigenvalue weighted by atomic mass is 9.76. The molecular weight excluding hydrogens is 344 g/mol. The van der Waals surface area contributed by atoms with Gasteiger partial charge in [0, 0.05) is 22.3 Å². The molecule has 0 radical (unpaired) electrons. The van der Waals surface area contributed by atoms with E-state index in [-0.39, 0.29) is 11.1 Å². The van der Waals surface area contributed by atoms with Gasteiger partial charge < -0.3 is 0 Å². The Kier molecular flexibility index (Phi) is 2.52. The van der Waals surface area contributed by atoms with E-state index in [4.69, 9.17) is 0 Å². The molecule has 0 heterocycles. The van der Waals surface area contributed by atoms with Crippen molar-refractivity contribution in [2.45, 2.75) is 23.7 Å². The van der Waals surface area contributed by atoms with Gasteiger partial charge in [-0.2, -0.15) is 35.1 Å². The summed E-state index contributed by atoms with van der Waals surface area (Å²) < 4.78 is 107. The van der Waals surface area contributed by atoms with Gasteiger partial charge in [0.15, 0.2) is 0 Å². The first-order valence-corrected chi connectivity index (χ1v) is 6.74. The molecular formula is C16H6F8. The molecule has 0 spiro atoms. The van der Waals surface area contributed by atoms with E-state index in [1.54, 1.807) is 0 Å². The van der Waals surface area contributed by atoms with Crippen LogP contribution in [-0.4, -0.2) is 0 Å². The average Bonchev–Trinajstić information content (AvgIpc) is 2.53. The van der Waals surface area contributed by atoms with Gasteiger partial charge in [0.25, 0.3) is 0 Å². The summed E-state index contributed by atoms with van der Waals surface area (Å²) in [6, 6.07) is 5.24. The molecule has 2 aliphatic carbocycles. The van der Waals surface area contributed by atoms with Gasteiger partial charge in [0.05, 0.1) is 0 Å². The summed E-state index contributed by atoms with van der Waals surface area (Å²) in [6.07, 6.45) is 0. The van der Waals surface area contributed by atoms with Crippen LogP contribution in [-0.2, 0) is 23.7 Å². The predicted octanol–water partition coefficient (Wildman–Crippen LogP) is 5.75. The molecule has 0 aliphatic heterocycles. The highest BCUT2D eigenvalue weighted by atomic mass is 19.3. The van der Waals surface area contributed by atoms with Crippen LogP contribution in [0.4, 0.5) is 35.1 Å². The van der Waals surface area contributed by atoms with Crippen LogP contribution in [0.2, 0.25) is 0 Å². The van der Waals surface area contributed by atoms with Gasteiger partial charge in [0.1, 0.15) is 0 Å². The number of alkyl halides is 8. The van der Waals surface area contributed by atoms with Crippen molar-refractivity contribution in [3.05, 3.63) is 58.7 Å². The first kappa shape index (κ1) is 15.4. The third-order valence-corrected chi connectivity index (χ3v) is 4.51. The lowest BCUT2D eigenvalue weighted by Crippen LogP contribution is -2.47. The van der Waals surface area contributed by atoms with E-state index < -0.39 is 45.9 Å². The molecule has 0 amide bonds. The van der Waals surface area contributed by atoms with E-state index in [2.05, 4.69) is 0 Å². The number of benzene rings is 2. The molecule has 8 heteroatoms. The molecule has 4 rings (SSSR count). The van der Waals surface area contributed by atoms with Crippen molar-refractivity contribution in [3.63, 3.8) is 0 Å². The summed E-state index contributed by atoms with van der Waals surface area (Å²) >= 11 is 0. The summed E-state index contributed by atoms with van der Waals surface area (Å²) in [5.41, 5.74) is -3.53. The van der Waals surface area contributed by atoms with Crippen molar-refractivity contribution < 1.29 is 35.1 Å². The zero-order chi connectivity index (χ0) is 17.7. The Morgan fingerprint density at radius 3 is 1.04 bits per heavy atom. The summed E-state index contributed by atoms with van der Waals surface area (Å²) in [6.45, 7) is 0. The molecule has 0 aromatic heterocycles. The molecule has 0 saturated heterocycles. The molecule has 0 bridgehead atoms. The zero-order valence-corrected chi connectivity index (χ0v) is 11.5. The summed E-state index contributed by atoms with van der Waals surface area (Å²) in [4.78, 5) is 0. The van der Waals surface area contributed by atoms with Gasteiger partial charge in [-0.1, -0.05) is 24.3 Å². The van der Waals surface area contributed by atoms with Crippen LogP contribution in [0.25, 0.3) is 11.1 Å². The molecule has 24 heavy (non-hydrogen) atoms. The summed E-state index contributed by atoms with van der Waals surface area (Å²) in [5.74, 6) is -17.3. The molecule has 2 aromatic carbocycles. The highest BCUT2D eigenvalue weighted by Crippen LogP contribution is 2.62. The van der Waals surface area contributed by atoms with E-state index in [9.17, 15) is 35.1 Å². The number of hydrogen-bond donors (Lipinski definition) is 0. The van der Waals surface area contributed by atoms with Crippen LogP contribution in [0.5, 0.6) is 0 Å². The summed E-state index contributed by atoms with van der Waals surface area (Å²) in [7, 11) is 0. The lowest BCUT2D eigenvalue weighted by molar-refractivity contribution is -0.254. The van der Waals surface area contributed by atoms with Crippen LogP contribution < -0.4 is 0 Å². The van der Waals surface area contributed by atoms with Gasteiger partial charge in [-0.25, -0.2) is 0 Å². The Labute approximate surface area is 129 Å². The SMILES string of the molecule is FC1(F)c2ccc(-c3ccc4c(c3)C(F)(F)C4(F)F)cc2C1(F)F. The maximum atomic E-state index is 13.4. The van der Waals surface area contributed by atoms with Crippen molar-refractivity contribution >= 4 is 0 Å². The maximum Gasteiger partial charge on any atom is 0.340 e. The second-order valence-electron chi connectivity index (χ2n) is 5.82. The largest absolute Gasteiger partial charge is 0.340 e. The first-order valence-electron chi connectivity index (χ1n) is 6.74. The van der Waals surface area contributed by atoms with Crippen LogP contribution in [0.15, 0.2) is 36.4 Å². The van der Waals surface area contributed by atoms with Gasteiger partial charge >= 0.3 is 23.7 Å². The van der Waals surface area contributed by atoms with Crippen LogP contribution >= 0.6 is 0 Å². The van der Waals surface area contributed by atoms with E-state index in [1.807, 2.05) is 0 Å². The smallest absolute Gasteiger partial charge is 0.194 e. The Morgan fingerprint density at radius 1 is 0.417 bits per heavy atom. The van der Waals surface area contributed by atoms with Gasteiger partial charge in [-0.3, -0.25) is 0 Å². The third-order valence-electron chi connectivity index (χ3n) is 4.51. The van der Waals surface area contributed by atoms with Crippen molar-refractivity contribution in [3.8, 4) is 11.1 Å². The standard InChI is InChI=1S/C16H6F8/c17-13(18)9-3-1-7(5-11(9)15(13,21)22)8-2-4-10-12(6-8)16(23,24)14(10,19)20/h1-6H. The van der Waals surface area contributed by atoms with Gasteiger partial charge in [0.2, 0.25) is 0 Å². The number of fused-ring (bicyclic) bond motifs is 2. The van der Waals surface area contributed by atoms with E-state index >= 15 is 0 Å². The average molecular weight is 350 g/mol. The van der Waals surface area contributed by atoms with E-state index in [0.717, 1.165) is 36.4 Å². The van der Waals surface area contributed by atoms with Crippen molar-refractivity contribution in [2.75, 3.05) is 0 Å². The molecule has 0 nitrogen and oxygen atoms in total. The van der Waals surface area contributed by atoms with Crippen LogP contribution in [0.3, 0.4) is 0 Å². The topological polar surface area (TPSA) is 0 Å². The Balaban J connectivity index is 1.81. The molecule has 0 saturated carbocycles. The second kappa shape index (κ2) is 3.92. The predicted molar refractivity (Wildman–Crippen MR) is 67.5 cm³/mol. The Hall–Kier alpha value is -2.12. The molecule has 0 fully saturated rings. The number of halogens is 8. The van der Waals surface area contributed by atoms with E-state index in [1.165, 1.54) is 0 Å². The van der Waals surface area contributed by atoms with Crippen molar-refractivity contribution in [1.29, 1.82) is 0 Å². The number of rotatable bonds is 1. The Bertz CT molecular complexity index is 808. The van der Waals surface area contributed by atoms with Crippen molar-refractivity contribution in [1.82, 2.24) is 0 Å². The van der Waals surface area contributed by atoms with E-state index in [0.29, 0.717) is 0 Å². The minimum absolute atomic E-state index is 0.0299. The minimum Gasteiger partial charge on any atom is -0.194 e. The fourth-order valence-corrected chi connectivity index (χ4v) is 3.07. The normalized spacial score (nSPS) is 23.5. The van der Waals surface area contributed by atoms with Gasteiger partial charge in [-0.15, -0.1) is 0 Å². The van der Waals surface area contributed by atoms with Crippen molar-refractivity contribution in [2.24, 2.45) is 0 Å². The highest BCUT2D eigenvalue weighted by molar-refractivity contribution is 5.70. The lowest BCUT2D eigenvalue weighted by Gasteiger charge is -2.39. The molecule has 0 atom stereocenters. The fraction of sp³-hybridized carbons (Fsp3) is 0.250. The molecule has 0 N–H and O–H groups in total. The monoisotopic (exact) mass is 350 g/mol. The minimum atomic E-state index is -4.35.